The largest absolute Gasteiger partial charge is 0.455 e. The van der Waals surface area contributed by atoms with Gasteiger partial charge in [0.2, 0.25) is 10.0 Å². The Balaban J connectivity index is 1.58. The number of sulfonamides is 1. The fourth-order valence-electron chi connectivity index (χ4n) is 5.57. The predicted molar refractivity (Wildman–Crippen MR) is 179 cm³/mol. The number of furan rings is 1. The number of benzene rings is 4. The van der Waals surface area contributed by atoms with Crippen LogP contribution >= 0.6 is 0 Å². The number of rotatable bonds is 9. The summed E-state index contributed by atoms with van der Waals surface area (Å²) in [6, 6.07) is 19.4. The van der Waals surface area contributed by atoms with Crippen LogP contribution in [0.15, 0.2) is 88.1 Å². The van der Waals surface area contributed by atoms with Crippen molar-refractivity contribution in [1.82, 2.24) is 14.9 Å². The summed E-state index contributed by atoms with van der Waals surface area (Å²) in [5.41, 5.74) is 2.71. The fraction of sp³-hybridized carbons (Fsp3) is 0.171. The first-order valence-corrected chi connectivity index (χ1v) is 16.5. The van der Waals surface area contributed by atoms with Gasteiger partial charge in [-0.1, -0.05) is 18.2 Å². The lowest BCUT2D eigenvalue weighted by atomic mass is 9.97. The van der Waals surface area contributed by atoms with Crippen LogP contribution in [-0.4, -0.2) is 51.3 Å². The number of anilines is 1. The van der Waals surface area contributed by atoms with E-state index >= 15 is 0 Å². The van der Waals surface area contributed by atoms with Crippen LogP contribution in [0.3, 0.4) is 0 Å². The second-order valence-electron chi connectivity index (χ2n) is 11.2. The average Bonchev–Trinajstić information content (AvgIpc) is 3.44. The highest BCUT2D eigenvalue weighted by Gasteiger charge is 2.26. The quantitative estimate of drug-likeness (QED) is 0.209. The van der Waals surface area contributed by atoms with Gasteiger partial charge in [-0.05, 0) is 65.7 Å². The van der Waals surface area contributed by atoms with E-state index in [2.05, 4.69) is 5.32 Å². The molecule has 1 amide bonds. The molecule has 6 aromatic rings. The number of nitrogens with one attached hydrogen (secondary N) is 1. The Labute approximate surface area is 274 Å². The van der Waals surface area contributed by atoms with Gasteiger partial charge in [-0.25, -0.2) is 22.2 Å². The van der Waals surface area contributed by atoms with E-state index in [1.54, 1.807) is 36.4 Å². The summed E-state index contributed by atoms with van der Waals surface area (Å²) in [5.74, 6) is -0.802. The van der Waals surface area contributed by atoms with Gasteiger partial charge >= 0.3 is 0 Å². The Hall–Kier alpha value is -5.40. The molecular weight excluding hydrogens is 642 g/mol. The summed E-state index contributed by atoms with van der Waals surface area (Å²) in [6.07, 6.45) is 1.06. The van der Waals surface area contributed by atoms with Crippen LogP contribution in [0.25, 0.3) is 44.3 Å². The summed E-state index contributed by atoms with van der Waals surface area (Å²) in [5, 5.41) is 3.30. The van der Waals surface area contributed by atoms with Gasteiger partial charge in [-0.3, -0.25) is 18.5 Å². The van der Waals surface area contributed by atoms with Crippen molar-refractivity contribution in [3.63, 3.8) is 0 Å². The molecule has 4 aromatic carbocycles. The van der Waals surface area contributed by atoms with E-state index in [0.717, 1.165) is 10.6 Å². The highest BCUT2D eigenvalue weighted by molar-refractivity contribution is 7.92. The molecule has 0 bridgehead atoms. The van der Waals surface area contributed by atoms with E-state index in [1.165, 1.54) is 68.2 Å². The molecule has 0 saturated carbocycles. The van der Waals surface area contributed by atoms with Crippen molar-refractivity contribution < 1.29 is 31.1 Å². The number of hydrogen-bond acceptors (Lipinski definition) is 7. The smallest absolute Gasteiger partial charge is 0.261 e. The Bertz CT molecular complexity index is 2370. The lowest BCUT2D eigenvalue weighted by Gasteiger charge is -2.21. The molecule has 0 aliphatic carbocycles. The maximum atomic E-state index is 13.8. The zero-order valence-corrected chi connectivity index (χ0v) is 27.2. The highest BCUT2D eigenvalue weighted by Crippen LogP contribution is 2.41. The van der Waals surface area contributed by atoms with E-state index in [4.69, 9.17) is 14.1 Å². The van der Waals surface area contributed by atoms with Gasteiger partial charge in [0.25, 0.3) is 11.5 Å². The molecule has 13 heteroatoms. The zero-order chi connectivity index (χ0) is 34.3. The molecule has 246 valence electrons. The van der Waals surface area contributed by atoms with Gasteiger partial charge < -0.3 is 14.5 Å². The molecule has 0 radical (unpaired) electrons. The SMILES string of the molecule is CNC(=O)c1c(-c2ccc(F)cc2)oc2cc(N(C)S(C)(=O)=O)c(-c3ccc4c(=O)n(Cc5ccc(F)cc5)c(COC)nc4c3)cc12. The highest BCUT2D eigenvalue weighted by atomic mass is 32.2. The third-order valence-corrected chi connectivity index (χ3v) is 9.27. The first-order valence-electron chi connectivity index (χ1n) is 14.7. The molecule has 2 heterocycles. The standard InChI is InChI=1S/C35H30F2N4O6S/c1-38-34(42)32-27-16-26(29(40(2)48(4,44)45)17-30(27)47-33(32)21-7-12-24(37)13-8-21)22-9-14-25-28(15-22)39-31(19-46-3)41(35(25)43)18-20-5-10-23(36)11-6-20/h5-17H,18-19H2,1-4H3,(H,38,42). The summed E-state index contributed by atoms with van der Waals surface area (Å²) < 4.78 is 66.9. The van der Waals surface area contributed by atoms with E-state index in [-0.39, 0.29) is 41.3 Å². The summed E-state index contributed by atoms with van der Waals surface area (Å²) in [7, 11) is 0.569. The number of fused-ring (bicyclic) bond motifs is 2. The minimum Gasteiger partial charge on any atom is -0.455 e. The fourth-order valence-corrected chi connectivity index (χ4v) is 6.08. The van der Waals surface area contributed by atoms with Crippen molar-refractivity contribution in [3.8, 4) is 22.5 Å². The molecule has 2 aromatic heterocycles. The van der Waals surface area contributed by atoms with Crippen molar-refractivity contribution in [2.24, 2.45) is 0 Å². The van der Waals surface area contributed by atoms with Crippen molar-refractivity contribution in [1.29, 1.82) is 0 Å². The lowest BCUT2D eigenvalue weighted by molar-refractivity contribution is 0.0964. The van der Waals surface area contributed by atoms with E-state index in [9.17, 15) is 26.8 Å². The number of hydrogen-bond donors (Lipinski definition) is 1. The van der Waals surface area contributed by atoms with Crippen LogP contribution in [0, 0.1) is 11.6 Å². The van der Waals surface area contributed by atoms with Gasteiger partial charge in [0.05, 0.1) is 35.0 Å². The molecule has 0 unspecified atom stereocenters. The molecule has 0 fully saturated rings. The maximum absolute atomic E-state index is 13.8. The minimum absolute atomic E-state index is 0.0152. The van der Waals surface area contributed by atoms with Gasteiger partial charge in [-0.2, -0.15) is 0 Å². The van der Waals surface area contributed by atoms with Crippen LogP contribution in [0.5, 0.6) is 0 Å². The topological polar surface area (TPSA) is 124 Å². The normalized spacial score (nSPS) is 11.7. The molecule has 6 rings (SSSR count). The monoisotopic (exact) mass is 672 g/mol. The number of halogens is 2. The molecule has 0 aliphatic rings. The van der Waals surface area contributed by atoms with E-state index in [1.807, 2.05) is 0 Å². The number of aromatic nitrogens is 2. The third-order valence-electron chi connectivity index (χ3n) is 8.08. The van der Waals surface area contributed by atoms with Gasteiger partial charge in [0.1, 0.15) is 35.4 Å². The van der Waals surface area contributed by atoms with Gasteiger partial charge in [0, 0.05) is 43.8 Å². The summed E-state index contributed by atoms with van der Waals surface area (Å²) >= 11 is 0. The number of ether oxygens (including phenoxy) is 1. The average molecular weight is 673 g/mol. The van der Waals surface area contributed by atoms with Crippen molar-refractivity contribution in [3.05, 3.63) is 118 Å². The van der Waals surface area contributed by atoms with Crippen LogP contribution in [0.2, 0.25) is 0 Å². The van der Waals surface area contributed by atoms with Crippen molar-refractivity contribution in [2.75, 3.05) is 31.8 Å². The lowest BCUT2D eigenvalue weighted by Crippen LogP contribution is -2.26. The molecule has 0 aliphatic heterocycles. The molecule has 0 atom stereocenters. The third kappa shape index (κ3) is 6.05. The van der Waals surface area contributed by atoms with E-state index in [0.29, 0.717) is 44.4 Å². The summed E-state index contributed by atoms with van der Waals surface area (Å²) in [4.78, 5) is 31.7. The molecule has 0 spiro atoms. The number of amides is 1. The van der Waals surface area contributed by atoms with Crippen LogP contribution in [0.1, 0.15) is 21.7 Å². The second-order valence-corrected chi connectivity index (χ2v) is 13.2. The molecule has 1 N–H and O–H groups in total. The first kappa shape index (κ1) is 32.5. The van der Waals surface area contributed by atoms with Crippen molar-refractivity contribution >= 4 is 43.5 Å². The number of carbonyl (C=O) groups is 1. The Kier molecular flexibility index (Phi) is 8.58. The maximum Gasteiger partial charge on any atom is 0.261 e. The van der Waals surface area contributed by atoms with Crippen LogP contribution in [-0.2, 0) is 27.9 Å². The number of nitrogens with zero attached hydrogens (tertiary/aromatic N) is 3. The number of methoxy groups -OCH3 is 1. The second kappa shape index (κ2) is 12.7. The number of carbonyl (C=O) groups excluding carboxylic acids is 1. The molecule has 10 nitrogen and oxygen atoms in total. The predicted octanol–water partition coefficient (Wildman–Crippen LogP) is 5.71. The first-order chi connectivity index (χ1) is 22.9. The molecule has 0 saturated heterocycles. The van der Waals surface area contributed by atoms with Crippen LogP contribution < -0.4 is 15.2 Å². The van der Waals surface area contributed by atoms with E-state index < -0.39 is 27.6 Å². The van der Waals surface area contributed by atoms with Gasteiger partial charge in [0.15, 0.2) is 0 Å². The Morgan fingerprint density at radius 1 is 0.958 bits per heavy atom. The minimum atomic E-state index is -3.78. The zero-order valence-electron chi connectivity index (χ0n) is 26.4. The molecular formula is C35H30F2N4O6S. The van der Waals surface area contributed by atoms with Gasteiger partial charge in [-0.15, -0.1) is 0 Å². The molecule has 48 heavy (non-hydrogen) atoms. The van der Waals surface area contributed by atoms with Crippen LogP contribution in [0.4, 0.5) is 14.5 Å². The summed E-state index contributed by atoms with van der Waals surface area (Å²) in [6.45, 7) is 0.156. The Morgan fingerprint density at radius 2 is 1.60 bits per heavy atom. The Morgan fingerprint density at radius 3 is 2.23 bits per heavy atom. The van der Waals surface area contributed by atoms with Crippen molar-refractivity contribution in [2.45, 2.75) is 13.2 Å².